The number of carbonyl (C=O) groups is 1. The van der Waals surface area contributed by atoms with Gasteiger partial charge in [-0.3, -0.25) is 25.2 Å². The minimum Gasteiger partial charge on any atom is -0.488 e. The van der Waals surface area contributed by atoms with Crippen LogP contribution in [0.4, 0.5) is 24.5 Å². The molecule has 0 aliphatic carbocycles. The number of alkyl halides is 3. The lowest BCUT2D eigenvalue weighted by molar-refractivity contribution is -0.384. The van der Waals surface area contributed by atoms with Gasteiger partial charge in [-0.2, -0.15) is 13.2 Å². The van der Waals surface area contributed by atoms with Gasteiger partial charge in [0.2, 0.25) is 0 Å². The Morgan fingerprint density at radius 2 is 1.86 bits per heavy atom. The fourth-order valence-corrected chi connectivity index (χ4v) is 4.39. The number of nitro benzene ring substituents is 1. The lowest BCUT2D eigenvalue weighted by Crippen LogP contribution is -2.28. The summed E-state index contributed by atoms with van der Waals surface area (Å²) in [5.41, 5.74) is -0.486. The number of ether oxygens (including phenoxy) is 1. The van der Waals surface area contributed by atoms with Crippen LogP contribution in [-0.2, 0) is 17.6 Å². The molecule has 1 aliphatic heterocycles. The number of amidine groups is 1. The summed E-state index contributed by atoms with van der Waals surface area (Å²) in [4.78, 5) is 24.6. The Hall–Kier alpha value is -3.83. The Kier molecular flexibility index (Phi) is 7.04. The van der Waals surface area contributed by atoms with Gasteiger partial charge in [0.15, 0.2) is 5.17 Å². The lowest BCUT2D eigenvalue weighted by atomic mass is 10.1. The molecule has 184 valence electrons. The molecular weight excluding hydrogens is 519 g/mol. The number of hydrogen-bond donors (Lipinski definition) is 1. The fourth-order valence-electron chi connectivity index (χ4n) is 3.35. The Labute approximate surface area is 211 Å². The molecule has 36 heavy (non-hydrogen) atoms. The number of hydrogen-bond acceptors (Lipinski definition) is 6. The van der Waals surface area contributed by atoms with Crippen LogP contribution in [0.1, 0.15) is 16.7 Å². The van der Waals surface area contributed by atoms with Crippen molar-refractivity contribution < 1.29 is 27.6 Å². The number of thioether (sulfide) groups is 1. The van der Waals surface area contributed by atoms with Gasteiger partial charge >= 0.3 is 6.18 Å². The SMILES string of the molecule is N=C1S/C(=C\c2cc([N+](=O)[O-])ccc2OCc2ccccc2Cl)C(=O)N1c1cccc(C(F)(F)F)c1. The molecule has 0 radical (unpaired) electrons. The molecule has 7 nitrogen and oxygen atoms in total. The maximum absolute atomic E-state index is 13.1. The number of amides is 1. The van der Waals surface area contributed by atoms with Crippen LogP contribution >= 0.6 is 23.4 Å². The van der Waals surface area contributed by atoms with Crippen LogP contribution in [0.3, 0.4) is 0 Å². The molecule has 1 heterocycles. The van der Waals surface area contributed by atoms with Crippen LogP contribution in [0.15, 0.2) is 71.6 Å². The first kappa shape index (κ1) is 25.3. The van der Waals surface area contributed by atoms with Crippen molar-refractivity contribution in [1.29, 1.82) is 5.41 Å². The summed E-state index contributed by atoms with van der Waals surface area (Å²) in [6.07, 6.45) is -3.31. The van der Waals surface area contributed by atoms with Crippen LogP contribution in [0.25, 0.3) is 6.08 Å². The predicted octanol–water partition coefficient (Wildman–Crippen LogP) is 6.90. The second-order valence-corrected chi connectivity index (χ2v) is 8.90. The second kappa shape index (κ2) is 10.0. The number of nitro groups is 1. The summed E-state index contributed by atoms with van der Waals surface area (Å²) in [5.74, 6) is -0.529. The third-order valence-electron chi connectivity index (χ3n) is 5.09. The number of halogens is 4. The van der Waals surface area contributed by atoms with E-state index in [-0.39, 0.29) is 39.4 Å². The first-order valence-corrected chi connectivity index (χ1v) is 11.4. The zero-order valence-electron chi connectivity index (χ0n) is 18.1. The number of non-ortho nitro benzene ring substituents is 1. The minimum absolute atomic E-state index is 0.0134. The highest BCUT2D eigenvalue weighted by atomic mass is 35.5. The van der Waals surface area contributed by atoms with Crippen molar-refractivity contribution in [3.8, 4) is 5.75 Å². The summed E-state index contributed by atoms with van der Waals surface area (Å²) in [6.45, 7) is 0.0426. The summed E-state index contributed by atoms with van der Waals surface area (Å²) >= 11 is 6.87. The molecule has 3 aromatic rings. The van der Waals surface area contributed by atoms with Crippen LogP contribution in [0.2, 0.25) is 5.02 Å². The third-order valence-corrected chi connectivity index (χ3v) is 6.34. The van der Waals surface area contributed by atoms with E-state index in [1.54, 1.807) is 24.3 Å². The first-order chi connectivity index (χ1) is 17.0. The van der Waals surface area contributed by atoms with E-state index in [0.717, 1.165) is 34.9 Å². The van der Waals surface area contributed by atoms with E-state index in [2.05, 4.69) is 0 Å². The van der Waals surface area contributed by atoms with E-state index in [9.17, 15) is 28.1 Å². The van der Waals surface area contributed by atoms with E-state index in [0.29, 0.717) is 10.6 Å². The topological polar surface area (TPSA) is 96.5 Å². The molecule has 3 aromatic carbocycles. The van der Waals surface area contributed by atoms with E-state index in [1.807, 2.05) is 0 Å². The van der Waals surface area contributed by atoms with E-state index in [4.69, 9.17) is 21.7 Å². The van der Waals surface area contributed by atoms with Gasteiger partial charge in [0.1, 0.15) is 12.4 Å². The van der Waals surface area contributed by atoms with Gasteiger partial charge in [-0.25, -0.2) is 0 Å². The molecule has 0 atom stereocenters. The van der Waals surface area contributed by atoms with Crippen LogP contribution < -0.4 is 9.64 Å². The monoisotopic (exact) mass is 533 g/mol. The molecule has 0 spiro atoms. The summed E-state index contributed by atoms with van der Waals surface area (Å²) in [7, 11) is 0. The van der Waals surface area contributed by atoms with Crippen molar-refractivity contribution in [1.82, 2.24) is 0 Å². The molecule has 1 saturated heterocycles. The molecule has 0 aromatic heterocycles. The molecule has 12 heteroatoms. The molecule has 4 rings (SSSR count). The molecule has 1 fully saturated rings. The zero-order valence-corrected chi connectivity index (χ0v) is 19.7. The highest BCUT2D eigenvalue weighted by Gasteiger charge is 2.36. The number of benzene rings is 3. The molecule has 1 amide bonds. The highest BCUT2D eigenvalue weighted by molar-refractivity contribution is 8.19. The van der Waals surface area contributed by atoms with Crippen LogP contribution in [0.5, 0.6) is 5.75 Å². The average Bonchev–Trinajstić information content (AvgIpc) is 3.11. The number of carbonyl (C=O) groups excluding carboxylic acids is 1. The largest absolute Gasteiger partial charge is 0.488 e. The van der Waals surface area contributed by atoms with Crippen molar-refractivity contribution in [3.05, 3.63) is 103 Å². The van der Waals surface area contributed by atoms with E-state index >= 15 is 0 Å². The van der Waals surface area contributed by atoms with E-state index < -0.39 is 22.6 Å². The van der Waals surface area contributed by atoms with Gasteiger partial charge in [0.25, 0.3) is 11.6 Å². The van der Waals surface area contributed by atoms with Crippen molar-refractivity contribution >= 4 is 51.9 Å². The number of nitrogens with one attached hydrogen (secondary N) is 1. The molecular formula is C24H15ClF3N3O4S. The molecule has 0 bridgehead atoms. The lowest BCUT2D eigenvalue weighted by Gasteiger charge is -2.16. The van der Waals surface area contributed by atoms with E-state index in [1.165, 1.54) is 30.3 Å². The summed E-state index contributed by atoms with van der Waals surface area (Å²) in [5, 5.41) is 19.6. The van der Waals surface area contributed by atoms with Gasteiger partial charge < -0.3 is 4.74 Å². The van der Waals surface area contributed by atoms with Crippen molar-refractivity contribution in [2.45, 2.75) is 12.8 Å². The van der Waals surface area contributed by atoms with Gasteiger partial charge in [0, 0.05) is 28.3 Å². The average molecular weight is 534 g/mol. The predicted molar refractivity (Wildman–Crippen MR) is 131 cm³/mol. The highest BCUT2D eigenvalue weighted by Crippen LogP contribution is 2.39. The molecule has 0 saturated carbocycles. The second-order valence-electron chi connectivity index (χ2n) is 7.46. The molecule has 0 unspecified atom stereocenters. The summed E-state index contributed by atoms with van der Waals surface area (Å²) < 4.78 is 45.2. The van der Waals surface area contributed by atoms with Gasteiger partial charge in [-0.05, 0) is 48.2 Å². The molecule has 1 N–H and O–H groups in total. The van der Waals surface area contributed by atoms with Gasteiger partial charge in [-0.1, -0.05) is 35.9 Å². The van der Waals surface area contributed by atoms with Crippen molar-refractivity contribution in [3.63, 3.8) is 0 Å². The smallest absolute Gasteiger partial charge is 0.416 e. The zero-order chi connectivity index (χ0) is 26.0. The van der Waals surface area contributed by atoms with Gasteiger partial charge in [0.05, 0.1) is 21.1 Å². The van der Waals surface area contributed by atoms with Crippen LogP contribution in [0, 0.1) is 15.5 Å². The quantitative estimate of drug-likeness (QED) is 0.211. The fraction of sp³-hybridized carbons (Fsp3) is 0.0833. The number of rotatable bonds is 6. The Bertz CT molecular complexity index is 1410. The number of nitrogens with zero attached hydrogens (tertiary/aromatic N) is 2. The minimum atomic E-state index is -4.62. The Balaban J connectivity index is 1.67. The maximum Gasteiger partial charge on any atom is 0.416 e. The summed E-state index contributed by atoms with van der Waals surface area (Å²) in [6, 6.07) is 14.9. The normalized spacial score (nSPS) is 15.0. The Morgan fingerprint density at radius 3 is 2.56 bits per heavy atom. The van der Waals surface area contributed by atoms with Crippen molar-refractivity contribution in [2.24, 2.45) is 0 Å². The van der Waals surface area contributed by atoms with Gasteiger partial charge in [-0.15, -0.1) is 0 Å². The standard InChI is InChI=1S/C24H15ClF3N3O4S/c25-19-7-2-1-4-14(19)13-35-20-9-8-18(31(33)34)10-15(20)11-21-22(32)30(23(29)36-21)17-6-3-5-16(12-17)24(26,27)28/h1-12,29H,13H2/b21-11-,29-23?. The van der Waals surface area contributed by atoms with Crippen LogP contribution in [-0.4, -0.2) is 16.0 Å². The third kappa shape index (κ3) is 5.37. The maximum atomic E-state index is 13.1. The number of anilines is 1. The first-order valence-electron chi connectivity index (χ1n) is 10.2. The molecule has 1 aliphatic rings. The van der Waals surface area contributed by atoms with Crippen molar-refractivity contribution in [2.75, 3.05) is 4.90 Å². The Morgan fingerprint density at radius 1 is 1.11 bits per heavy atom.